The molecule has 0 saturated carbocycles. The van der Waals surface area contributed by atoms with Gasteiger partial charge in [-0.1, -0.05) is 42.5 Å². The summed E-state index contributed by atoms with van der Waals surface area (Å²) in [7, 11) is 3.82. The monoisotopic (exact) mass is 405 g/mol. The number of aromatic nitrogens is 2. The number of likely N-dealkylation sites (tertiary alicyclic amines) is 1. The van der Waals surface area contributed by atoms with Crippen LogP contribution in [0.25, 0.3) is 10.8 Å². The van der Waals surface area contributed by atoms with E-state index >= 15 is 0 Å². The second-order valence-electron chi connectivity index (χ2n) is 7.70. The van der Waals surface area contributed by atoms with Gasteiger partial charge < -0.3 is 19.9 Å². The standard InChI is InChI=1S/C23H27N5O2/c1-27(2)21-22(25-13-12-24-21)30-19-10-6-14-28(16-19)23(29)26-15-18-9-5-8-17-7-3-4-11-20(17)18/h3-5,7-9,11-13,19H,6,10,14-16H2,1-2H3,(H,26,29). The van der Waals surface area contributed by atoms with Crippen molar-refractivity contribution in [2.75, 3.05) is 32.1 Å². The Morgan fingerprint density at radius 3 is 2.83 bits per heavy atom. The molecule has 1 fully saturated rings. The summed E-state index contributed by atoms with van der Waals surface area (Å²) in [6, 6.07) is 14.3. The highest BCUT2D eigenvalue weighted by Crippen LogP contribution is 2.24. The lowest BCUT2D eigenvalue weighted by Crippen LogP contribution is -2.48. The number of nitrogens with zero attached hydrogens (tertiary/aromatic N) is 4. The summed E-state index contributed by atoms with van der Waals surface area (Å²) in [6.07, 6.45) is 4.95. The third-order valence-electron chi connectivity index (χ3n) is 5.32. The Morgan fingerprint density at radius 2 is 1.97 bits per heavy atom. The van der Waals surface area contributed by atoms with Crippen molar-refractivity contribution in [2.24, 2.45) is 0 Å². The van der Waals surface area contributed by atoms with Crippen molar-refractivity contribution in [1.82, 2.24) is 20.2 Å². The van der Waals surface area contributed by atoms with E-state index in [4.69, 9.17) is 4.74 Å². The second kappa shape index (κ2) is 8.98. The van der Waals surface area contributed by atoms with Crippen molar-refractivity contribution in [1.29, 1.82) is 0 Å². The average Bonchev–Trinajstić information content (AvgIpc) is 2.78. The van der Waals surface area contributed by atoms with Gasteiger partial charge in [0.1, 0.15) is 6.10 Å². The number of urea groups is 1. The smallest absolute Gasteiger partial charge is 0.317 e. The molecule has 156 valence electrons. The average molecular weight is 406 g/mol. The number of carbonyl (C=O) groups is 1. The van der Waals surface area contributed by atoms with Gasteiger partial charge in [0, 0.05) is 39.6 Å². The normalized spacial score (nSPS) is 16.3. The predicted octanol–water partition coefficient (Wildman–Crippen LogP) is 3.45. The molecular formula is C23H27N5O2. The number of benzene rings is 2. The fourth-order valence-corrected chi connectivity index (χ4v) is 3.81. The van der Waals surface area contributed by atoms with Crippen molar-refractivity contribution >= 4 is 22.6 Å². The first-order valence-electron chi connectivity index (χ1n) is 10.3. The first-order valence-corrected chi connectivity index (χ1v) is 10.3. The number of hydrogen-bond acceptors (Lipinski definition) is 5. The quantitative estimate of drug-likeness (QED) is 0.704. The lowest BCUT2D eigenvalue weighted by Gasteiger charge is -2.33. The molecule has 7 heteroatoms. The Hall–Kier alpha value is -3.35. The molecule has 1 unspecified atom stereocenters. The van der Waals surface area contributed by atoms with E-state index in [9.17, 15) is 4.79 Å². The van der Waals surface area contributed by atoms with Crippen LogP contribution in [0.3, 0.4) is 0 Å². The molecule has 3 aromatic rings. The third-order valence-corrected chi connectivity index (χ3v) is 5.32. The highest BCUT2D eigenvalue weighted by Gasteiger charge is 2.26. The van der Waals surface area contributed by atoms with E-state index in [1.54, 1.807) is 12.4 Å². The number of nitrogens with one attached hydrogen (secondary N) is 1. The van der Waals surface area contributed by atoms with Crippen molar-refractivity contribution in [3.8, 4) is 5.88 Å². The maximum absolute atomic E-state index is 12.8. The largest absolute Gasteiger partial charge is 0.470 e. The van der Waals surface area contributed by atoms with E-state index in [2.05, 4.69) is 39.6 Å². The Bertz CT molecular complexity index is 1020. The molecule has 2 heterocycles. The molecule has 7 nitrogen and oxygen atoms in total. The van der Waals surface area contributed by atoms with Crippen LogP contribution in [0.5, 0.6) is 5.88 Å². The van der Waals surface area contributed by atoms with E-state index in [0.29, 0.717) is 24.8 Å². The summed E-state index contributed by atoms with van der Waals surface area (Å²) in [5.74, 6) is 1.19. The molecule has 30 heavy (non-hydrogen) atoms. The van der Waals surface area contributed by atoms with Gasteiger partial charge >= 0.3 is 6.03 Å². The van der Waals surface area contributed by atoms with Gasteiger partial charge in [0.15, 0.2) is 5.82 Å². The molecule has 4 rings (SSSR count). The van der Waals surface area contributed by atoms with E-state index in [1.807, 2.05) is 42.1 Å². The summed E-state index contributed by atoms with van der Waals surface area (Å²) in [5, 5.41) is 5.41. The fourth-order valence-electron chi connectivity index (χ4n) is 3.81. The molecule has 1 atom stereocenters. The third kappa shape index (κ3) is 4.45. The van der Waals surface area contributed by atoms with Gasteiger partial charge in [-0.25, -0.2) is 14.8 Å². The minimum absolute atomic E-state index is 0.0665. The lowest BCUT2D eigenvalue weighted by atomic mass is 10.0. The molecule has 2 aromatic carbocycles. The number of ether oxygens (including phenoxy) is 1. The van der Waals surface area contributed by atoms with Crippen LogP contribution in [0.4, 0.5) is 10.6 Å². The highest BCUT2D eigenvalue weighted by molar-refractivity contribution is 5.86. The first kappa shape index (κ1) is 19.9. The maximum atomic E-state index is 12.8. The Morgan fingerprint density at radius 1 is 1.17 bits per heavy atom. The Balaban J connectivity index is 1.38. The zero-order valence-corrected chi connectivity index (χ0v) is 17.4. The van der Waals surface area contributed by atoms with Gasteiger partial charge in [0.05, 0.1) is 6.54 Å². The molecule has 1 N–H and O–H groups in total. The number of amides is 2. The zero-order valence-electron chi connectivity index (χ0n) is 17.4. The summed E-state index contributed by atoms with van der Waals surface area (Å²) in [5.41, 5.74) is 1.11. The van der Waals surface area contributed by atoms with Crippen LogP contribution < -0.4 is 15.0 Å². The van der Waals surface area contributed by atoms with Gasteiger partial charge in [-0.2, -0.15) is 0 Å². The van der Waals surface area contributed by atoms with Crippen molar-refractivity contribution in [3.05, 3.63) is 60.4 Å². The van der Waals surface area contributed by atoms with E-state index in [0.717, 1.165) is 24.9 Å². The summed E-state index contributed by atoms with van der Waals surface area (Å²) in [4.78, 5) is 25.2. The lowest BCUT2D eigenvalue weighted by molar-refractivity contribution is 0.0978. The molecule has 1 aliphatic heterocycles. The predicted molar refractivity (Wildman–Crippen MR) is 118 cm³/mol. The topological polar surface area (TPSA) is 70.6 Å². The summed E-state index contributed by atoms with van der Waals surface area (Å²) in [6.45, 7) is 1.75. The molecular weight excluding hydrogens is 378 g/mol. The number of carbonyl (C=O) groups excluding carboxylic acids is 1. The number of hydrogen-bond donors (Lipinski definition) is 1. The van der Waals surface area contributed by atoms with Crippen LogP contribution in [-0.2, 0) is 6.54 Å². The van der Waals surface area contributed by atoms with Gasteiger partial charge in [0.25, 0.3) is 5.88 Å². The number of fused-ring (bicyclic) bond motifs is 1. The van der Waals surface area contributed by atoms with E-state index in [1.165, 1.54) is 10.8 Å². The van der Waals surface area contributed by atoms with Crippen LogP contribution in [0.15, 0.2) is 54.9 Å². The summed E-state index contributed by atoms with van der Waals surface area (Å²) >= 11 is 0. The maximum Gasteiger partial charge on any atom is 0.317 e. The van der Waals surface area contributed by atoms with Gasteiger partial charge in [0.2, 0.25) is 0 Å². The molecule has 0 aliphatic carbocycles. The highest BCUT2D eigenvalue weighted by atomic mass is 16.5. The van der Waals surface area contributed by atoms with Crippen molar-refractivity contribution in [3.63, 3.8) is 0 Å². The van der Waals surface area contributed by atoms with Crippen LogP contribution in [-0.4, -0.2) is 54.2 Å². The van der Waals surface area contributed by atoms with Gasteiger partial charge in [-0.15, -0.1) is 0 Å². The van der Waals surface area contributed by atoms with E-state index < -0.39 is 0 Å². The molecule has 0 spiro atoms. The molecule has 1 aliphatic rings. The van der Waals surface area contributed by atoms with Crippen LogP contribution >= 0.6 is 0 Å². The molecule has 0 bridgehead atoms. The Kier molecular flexibility index (Phi) is 5.97. The first-order chi connectivity index (χ1) is 14.6. The van der Waals surface area contributed by atoms with Crippen molar-refractivity contribution in [2.45, 2.75) is 25.5 Å². The van der Waals surface area contributed by atoms with Gasteiger partial charge in [-0.05, 0) is 29.2 Å². The van der Waals surface area contributed by atoms with E-state index in [-0.39, 0.29) is 12.1 Å². The Labute approximate surface area is 176 Å². The zero-order chi connectivity index (χ0) is 20.9. The minimum Gasteiger partial charge on any atom is -0.470 e. The SMILES string of the molecule is CN(C)c1nccnc1OC1CCCN(C(=O)NCc2cccc3ccccc23)C1. The molecule has 0 radical (unpaired) electrons. The van der Waals surface area contributed by atoms with Crippen LogP contribution in [0.2, 0.25) is 0 Å². The van der Waals surface area contributed by atoms with Crippen molar-refractivity contribution < 1.29 is 9.53 Å². The second-order valence-corrected chi connectivity index (χ2v) is 7.70. The molecule has 1 saturated heterocycles. The summed E-state index contributed by atoms with van der Waals surface area (Å²) < 4.78 is 6.11. The van der Waals surface area contributed by atoms with Crippen LogP contribution in [0, 0.1) is 0 Å². The number of anilines is 1. The molecule has 2 amide bonds. The number of rotatable bonds is 5. The fraction of sp³-hybridized carbons (Fsp3) is 0.348. The minimum atomic E-state index is -0.0996. The molecule has 1 aromatic heterocycles. The van der Waals surface area contributed by atoms with Crippen LogP contribution in [0.1, 0.15) is 18.4 Å². The van der Waals surface area contributed by atoms with Gasteiger partial charge in [-0.3, -0.25) is 0 Å². The number of piperidine rings is 1.